The number of fused-ring (bicyclic) bond motifs is 1. The molecule has 16 heavy (non-hydrogen) atoms. The fraction of sp³-hybridized carbons (Fsp3) is 0. The van der Waals surface area contributed by atoms with Gasteiger partial charge in [0.15, 0.2) is 11.5 Å². The molecule has 0 radical (unpaired) electrons. The van der Waals surface area contributed by atoms with Gasteiger partial charge in [-0.1, -0.05) is 18.9 Å². The van der Waals surface area contributed by atoms with Crippen LogP contribution in [0, 0.1) is 0 Å². The molecule has 0 aliphatic rings. The van der Waals surface area contributed by atoms with Crippen molar-refractivity contribution in [1.29, 1.82) is 0 Å². The highest BCUT2D eigenvalue weighted by Gasteiger charge is 2.11. The van der Waals surface area contributed by atoms with Crippen molar-refractivity contribution in [3.8, 4) is 11.5 Å². The van der Waals surface area contributed by atoms with Crippen LogP contribution in [0.15, 0.2) is 42.7 Å². The van der Waals surface area contributed by atoms with Crippen LogP contribution in [-0.4, -0.2) is 18.9 Å². The number of thiol groups is 1. The smallest absolute Gasteiger partial charge is 0.171 e. The van der Waals surface area contributed by atoms with Crippen molar-refractivity contribution in [2.45, 2.75) is 0 Å². The first-order valence-corrected chi connectivity index (χ1v) is 5.20. The van der Waals surface area contributed by atoms with E-state index in [0.717, 1.165) is 16.9 Å². The molecule has 3 heterocycles. The lowest BCUT2D eigenvalue weighted by Gasteiger charge is -1.98. The molecule has 0 bridgehead atoms. The highest BCUT2D eigenvalue weighted by molar-refractivity contribution is 7.78. The van der Waals surface area contributed by atoms with Gasteiger partial charge in [0.1, 0.15) is 11.2 Å². The van der Waals surface area contributed by atoms with E-state index in [2.05, 4.69) is 27.8 Å². The largest absolute Gasteiger partial charge is 0.253 e. The highest BCUT2D eigenvalue weighted by atomic mass is 32.1. The van der Waals surface area contributed by atoms with Gasteiger partial charge >= 0.3 is 0 Å². The molecule has 78 valence electrons. The van der Waals surface area contributed by atoms with E-state index in [1.807, 2.05) is 30.3 Å². The van der Waals surface area contributed by atoms with E-state index >= 15 is 0 Å². The Morgan fingerprint density at radius 2 is 1.88 bits per heavy atom. The van der Waals surface area contributed by atoms with E-state index in [4.69, 9.17) is 0 Å². The van der Waals surface area contributed by atoms with Gasteiger partial charge in [0.2, 0.25) is 0 Å². The van der Waals surface area contributed by atoms with Gasteiger partial charge in [-0.25, -0.2) is 9.97 Å². The monoisotopic (exact) mass is 228 g/mol. The van der Waals surface area contributed by atoms with Gasteiger partial charge in [0, 0.05) is 12.4 Å². The number of imidazole rings is 1. The Bertz CT molecular complexity index is 633. The lowest BCUT2D eigenvalue weighted by molar-refractivity contribution is 1.19. The van der Waals surface area contributed by atoms with Gasteiger partial charge in [-0.05, 0) is 24.3 Å². The first-order chi connectivity index (χ1) is 7.86. The average molecular weight is 228 g/mol. The van der Waals surface area contributed by atoms with Crippen molar-refractivity contribution in [2.75, 3.05) is 0 Å². The minimum Gasteiger partial charge on any atom is -0.253 e. The maximum Gasteiger partial charge on any atom is 0.171 e. The zero-order chi connectivity index (χ0) is 11.0. The molecule has 0 amide bonds. The summed E-state index contributed by atoms with van der Waals surface area (Å²) in [5, 5.41) is 0. The SMILES string of the molecule is Sn1c(-c2ccccn2)nc2cccnc21. The summed E-state index contributed by atoms with van der Waals surface area (Å²) in [6.45, 7) is 0. The number of rotatable bonds is 1. The van der Waals surface area contributed by atoms with Gasteiger partial charge in [-0.2, -0.15) is 0 Å². The molecule has 0 saturated heterocycles. The molecular weight excluding hydrogens is 220 g/mol. The van der Waals surface area contributed by atoms with E-state index in [9.17, 15) is 0 Å². The van der Waals surface area contributed by atoms with Gasteiger partial charge in [-0.3, -0.25) is 8.96 Å². The third kappa shape index (κ3) is 1.37. The molecule has 3 rings (SSSR count). The quantitative estimate of drug-likeness (QED) is 0.649. The average Bonchev–Trinajstić information content (AvgIpc) is 2.69. The van der Waals surface area contributed by atoms with Crippen LogP contribution in [0.4, 0.5) is 0 Å². The van der Waals surface area contributed by atoms with Gasteiger partial charge in [-0.15, -0.1) is 0 Å². The molecule has 3 aromatic rings. The number of pyridine rings is 2. The van der Waals surface area contributed by atoms with Crippen LogP contribution < -0.4 is 0 Å². The van der Waals surface area contributed by atoms with E-state index in [1.54, 1.807) is 16.4 Å². The second-order valence-electron chi connectivity index (χ2n) is 3.31. The number of nitrogens with zero attached hydrogens (tertiary/aromatic N) is 4. The van der Waals surface area contributed by atoms with Crippen LogP contribution in [0.25, 0.3) is 22.7 Å². The van der Waals surface area contributed by atoms with E-state index in [0.29, 0.717) is 5.82 Å². The van der Waals surface area contributed by atoms with Crippen LogP contribution in [0.5, 0.6) is 0 Å². The Kier molecular flexibility index (Phi) is 2.11. The molecule has 0 fully saturated rings. The molecule has 3 aromatic heterocycles. The first kappa shape index (κ1) is 9.35. The molecule has 0 unspecified atom stereocenters. The summed E-state index contributed by atoms with van der Waals surface area (Å²) in [5.41, 5.74) is 2.35. The number of hydrogen-bond donors (Lipinski definition) is 1. The lowest BCUT2D eigenvalue weighted by atomic mass is 10.3. The molecule has 0 N–H and O–H groups in total. The third-order valence-corrected chi connectivity index (χ3v) is 2.67. The van der Waals surface area contributed by atoms with Gasteiger partial charge in [0.05, 0.1) is 0 Å². The second kappa shape index (κ2) is 3.61. The van der Waals surface area contributed by atoms with Crippen LogP contribution in [0.1, 0.15) is 0 Å². The standard InChI is InChI=1S/C11H8N4S/c16-15-10-9(5-3-7-13-10)14-11(15)8-4-1-2-6-12-8/h1-7,16H. The maximum absolute atomic E-state index is 4.44. The van der Waals surface area contributed by atoms with E-state index in [1.165, 1.54) is 0 Å². The predicted molar refractivity (Wildman–Crippen MR) is 65.1 cm³/mol. The molecule has 5 heteroatoms. The zero-order valence-electron chi connectivity index (χ0n) is 8.28. The van der Waals surface area contributed by atoms with E-state index in [-0.39, 0.29) is 0 Å². The summed E-state index contributed by atoms with van der Waals surface area (Å²) >= 11 is 4.38. The Balaban J connectivity index is 2.29. The summed E-state index contributed by atoms with van der Waals surface area (Å²) in [7, 11) is 0. The summed E-state index contributed by atoms with van der Waals surface area (Å²) in [4.78, 5) is 12.9. The molecule has 0 aromatic carbocycles. The van der Waals surface area contributed by atoms with Crippen molar-refractivity contribution in [3.05, 3.63) is 42.7 Å². The van der Waals surface area contributed by atoms with Crippen LogP contribution in [-0.2, 0) is 0 Å². The molecule has 0 aliphatic carbocycles. The molecule has 4 nitrogen and oxygen atoms in total. The number of aromatic nitrogens is 4. The fourth-order valence-electron chi connectivity index (χ4n) is 1.56. The van der Waals surface area contributed by atoms with Crippen LogP contribution in [0.3, 0.4) is 0 Å². The van der Waals surface area contributed by atoms with Crippen LogP contribution >= 0.6 is 12.8 Å². The Morgan fingerprint density at radius 1 is 1.00 bits per heavy atom. The number of hydrogen-bond acceptors (Lipinski definition) is 4. The minimum atomic E-state index is 0.706. The third-order valence-electron chi connectivity index (χ3n) is 2.29. The van der Waals surface area contributed by atoms with Gasteiger partial charge < -0.3 is 0 Å². The van der Waals surface area contributed by atoms with Gasteiger partial charge in [0.25, 0.3) is 0 Å². The Hall–Kier alpha value is -1.88. The minimum absolute atomic E-state index is 0.706. The Morgan fingerprint density at radius 3 is 2.62 bits per heavy atom. The van der Waals surface area contributed by atoms with Crippen LogP contribution in [0.2, 0.25) is 0 Å². The van der Waals surface area contributed by atoms with Crippen molar-refractivity contribution in [2.24, 2.45) is 0 Å². The molecule has 0 aliphatic heterocycles. The predicted octanol–water partition coefficient (Wildman–Crippen LogP) is 2.19. The van der Waals surface area contributed by atoms with Crippen molar-refractivity contribution >= 4 is 24.0 Å². The zero-order valence-corrected chi connectivity index (χ0v) is 9.17. The summed E-state index contributed by atoms with van der Waals surface area (Å²) in [6, 6.07) is 9.44. The maximum atomic E-state index is 4.44. The molecule has 0 atom stereocenters. The topological polar surface area (TPSA) is 43.6 Å². The highest BCUT2D eigenvalue weighted by Crippen LogP contribution is 2.22. The molecule has 0 spiro atoms. The van der Waals surface area contributed by atoms with Crippen molar-refractivity contribution < 1.29 is 0 Å². The summed E-state index contributed by atoms with van der Waals surface area (Å²) < 4.78 is 1.65. The van der Waals surface area contributed by atoms with Crippen molar-refractivity contribution in [3.63, 3.8) is 0 Å². The first-order valence-electron chi connectivity index (χ1n) is 4.80. The summed E-state index contributed by atoms with van der Waals surface area (Å²) in [5.74, 6) is 0.706. The fourth-order valence-corrected chi connectivity index (χ4v) is 1.86. The normalized spacial score (nSPS) is 10.8. The second-order valence-corrected chi connectivity index (χ2v) is 3.71. The molecular formula is C11H8N4S. The molecule has 0 saturated carbocycles. The van der Waals surface area contributed by atoms with Crippen molar-refractivity contribution in [1.82, 2.24) is 18.9 Å². The van der Waals surface area contributed by atoms with E-state index < -0.39 is 0 Å². The Labute approximate surface area is 97.5 Å². The lowest BCUT2D eigenvalue weighted by Crippen LogP contribution is -1.90. The summed E-state index contributed by atoms with van der Waals surface area (Å²) in [6.07, 6.45) is 3.45.